The number of nitrogens with zero attached hydrogens (tertiary/aromatic N) is 3. The van der Waals surface area contributed by atoms with Gasteiger partial charge in [0.05, 0.1) is 30.3 Å². The van der Waals surface area contributed by atoms with E-state index >= 15 is 0 Å². The highest BCUT2D eigenvalue weighted by Gasteiger charge is 2.23. The zero-order valence-corrected chi connectivity index (χ0v) is 18.2. The summed E-state index contributed by atoms with van der Waals surface area (Å²) < 4.78 is 6.96. The van der Waals surface area contributed by atoms with Crippen LogP contribution < -0.4 is 15.4 Å². The van der Waals surface area contributed by atoms with Gasteiger partial charge in [-0.25, -0.2) is 4.98 Å². The summed E-state index contributed by atoms with van der Waals surface area (Å²) in [5, 5.41) is 10.9. The molecule has 1 aromatic carbocycles. The van der Waals surface area contributed by atoms with E-state index in [0.29, 0.717) is 23.4 Å². The average Bonchev–Trinajstić information content (AvgIpc) is 3.03. The maximum Gasteiger partial charge on any atom is 0.255 e. The molecule has 2 aromatic heterocycles. The molecule has 0 bridgehead atoms. The molecule has 158 valence electrons. The molecule has 9 heteroatoms. The van der Waals surface area contributed by atoms with Gasteiger partial charge in [-0.1, -0.05) is 12.1 Å². The van der Waals surface area contributed by atoms with Crippen molar-refractivity contribution in [3.63, 3.8) is 0 Å². The molecule has 0 aliphatic carbocycles. The van der Waals surface area contributed by atoms with Crippen LogP contribution in [-0.4, -0.2) is 51.7 Å². The number of aromatic nitrogens is 3. The van der Waals surface area contributed by atoms with Crippen LogP contribution >= 0.6 is 11.8 Å². The largest absolute Gasteiger partial charge is 0.496 e. The quantitative estimate of drug-likeness (QED) is 0.574. The Labute approximate surface area is 179 Å². The first-order chi connectivity index (χ1) is 14.4. The predicted molar refractivity (Wildman–Crippen MR) is 119 cm³/mol. The molecule has 1 atom stereocenters. The predicted octanol–water partition coefficient (Wildman–Crippen LogP) is 2.78. The van der Waals surface area contributed by atoms with Crippen LogP contribution in [0.25, 0.3) is 11.0 Å². The summed E-state index contributed by atoms with van der Waals surface area (Å²) in [6, 6.07) is 8.07. The van der Waals surface area contributed by atoms with Gasteiger partial charge in [-0.15, -0.1) is 0 Å². The standard InChI is InChI=1S/C21H25N5O3S/c1-13-16-11-14(12-22-19(16)26(2)25-13)23-21(28)17(9-10-30-4)24-20(27)15-7-5-6-8-18(15)29-3/h5-8,11-12,17H,9-10H2,1-4H3,(H,23,28)(H,24,27). The monoisotopic (exact) mass is 427 g/mol. The van der Waals surface area contributed by atoms with Gasteiger partial charge < -0.3 is 15.4 Å². The molecule has 30 heavy (non-hydrogen) atoms. The molecule has 0 radical (unpaired) electrons. The minimum Gasteiger partial charge on any atom is -0.496 e. The summed E-state index contributed by atoms with van der Waals surface area (Å²) in [4.78, 5) is 30.1. The van der Waals surface area contributed by atoms with E-state index in [2.05, 4.69) is 20.7 Å². The lowest BCUT2D eigenvalue weighted by Gasteiger charge is -2.19. The van der Waals surface area contributed by atoms with Gasteiger partial charge in [0.15, 0.2) is 5.65 Å². The molecule has 0 saturated heterocycles. The first-order valence-corrected chi connectivity index (χ1v) is 10.9. The smallest absolute Gasteiger partial charge is 0.255 e. The van der Waals surface area contributed by atoms with Gasteiger partial charge >= 0.3 is 0 Å². The topological polar surface area (TPSA) is 98.1 Å². The van der Waals surface area contributed by atoms with Gasteiger partial charge in [0.2, 0.25) is 5.91 Å². The molecule has 2 N–H and O–H groups in total. The van der Waals surface area contributed by atoms with Crippen LogP contribution in [0.15, 0.2) is 36.5 Å². The van der Waals surface area contributed by atoms with E-state index in [1.807, 2.05) is 26.3 Å². The fourth-order valence-electron chi connectivity index (χ4n) is 3.18. The molecular weight excluding hydrogens is 402 g/mol. The van der Waals surface area contributed by atoms with Gasteiger partial charge in [0.25, 0.3) is 5.91 Å². The van der Waals surface area contributed by atoms with Gasteiger partial charge in [0, 0.05) is 12.4 Å². The summed E-state index contributed by atoms with van der Waals surface area (Å²) in [6.45, 7) is 1.89. The number of aryl methyl sites for hydroxylation is 2. The van der Waals surface area contributed by atoms with Gasteiger partial charge in [-0.05, 0) is 43.6 Å². The molecule has 0 aliphatic rings. The molecule has 2 heterocycles. The second-order valence-corrected chi connectivity index (χ2v) is 7.79. The number of methoxy groups -OCH3 is 1. The van der Waals surface area contributed by atoms with Crippen molar-refractivity contribution in [1.29, 1.82) is 0 Å². The molecular formula is C21H25N5O3S. The van der Waals surface area contributed by atoms with Crippen LogP contribution in [0, 0.1) is 6.92 Å². The Morgan fingerprint density at radius 3 is 2.80 bits per heavy atom. The molecule has 0 saturated carbocycles. The first-order valence-electron chi connectivity index (χ1n) is 9.47. The average molecular weight is 428 g/mol. The molecule has 3 rings (SSSR count). The first kappa shape index (κ1) is 21.6. The maximum absolute atomic E-state index is 13.0. The minimum absolute atomic E-state index is 0.296. The number of para-hydroxylation sites is 1. The number of anilines is 1. The third-order valence-electron chi connectivity index (χ3n) is 4.71. The number of pyridine rings is 1. The van der Waals surface area contributed by atoms with Crippen molar-refractivity contribution < 1.29 is 14.3 Å². The van der Waals surface area contributed by atoms with E-state index in [1.54, 1.807) is 46.9 Å². The number of hydrogen-bond donors (Lipinski definition) is 2. The Morgan fingerprint density at radius 2 is 2.07 bits per heavy atom. The second kappa shape index (κ2) is 9.62. The van der Waals surface area contributed by atoms with Gasteiger partial charge in [0.1, 0.15) is 11.8 Å². The number of amides is 2. The van der Waals surface area contributed by atoms with Crippen LogP contribution in [0.3, 0.4) is 0 Å². The molecule has 0 spiro atoms. The van der Waals surface area contributed by atoms with Crippen LogP contribution in [0.4, 0.5) is 5.69 Å². The number of ether oxygens (including phenoxy) is 1. The number of benzene rings is 1. The number of nitrogens with one attached hydrogen (secondary N) is 2. The van der Waals surface area contributed by atoms with Crippen molar-refractivity contribution >= 4 is 40.3 Å². The van der Waals surface area contributed by atoms with Gasteiger partial charge in [-0.3, -0.25) is 14.3 Å². The number of hydrogen-bond acceptors (Lipinski definition) is 6. The fraction of sp³-hybridized carbons (Fsp3) is 0.333. The van der Waals surface area contributed by atoms with Crippen molar-refractivity contribution in [2.24, 2.45) is 7.05 Å². The van der Waals surface area contributed by atoms with E-state index in [9.17, 15) is 9.59 Å². The number of fused-ring (bicyclic) bond motifs is 1. The minimum atomic E-state index is -0.694. The number of carbonyl (C=O) groups excluding carboxylic acids is 2. The molecule has 3 aromatic rings. The number of thioether (sulfide) groups is 1. The Hall–Kier alpha value is -3.07. The summed E-state index contributed by atoms with van der Waals surface area (Å²) in [5.41, 5.74) is 2.52. The van der Waals surface area contributed by atoms with Crippen molar-refractivity contribution in [3.8, 4) is 5.75 Å². The molecule has 0 aliphatic heterocycles. The van der Waals surface area contributed by atoms with Crippen LogP contribution in [0.5, 0.6) is 5.75 Å². The van der Waals surface area contributed by atoms with E-state index in [-0.39, 0.29) is 11.8 Å². The Bertz CT molecular complexity index is 1070. The Morgan fingerprint density at radius 1 is 1.30 bits per heavy atom. The fourth-order valence-corrected chi connectivity index (χ4v) is 3.65. The normalized spacial score (nSPS) is 11.9. The third-order valence-corrected chi connectivity index (χ3v) is 5.36. The summed E-state index contributed by atoms with van der Waals surface area (Å²) in [5.74, 6) is 0.532. The Kier molecular flexibility index (Phi) is 6.94. The lowest BCUT2D eigenvalue weighted by Crippen LogP contribution is -2.44. The van der Waals surface area contributed by atoms with Crippen molar-refractivity contribution in [1.82, 2.24) is 20.1 Å². The third kappa shape index (κ3) is 4.73. The van der Waals surface area contributed by atoms with Crippen molar-refractivity contribution in [2.45, 2.75) is 19.4 Å². The Balaban J connectivity index is 1.78. The van der Waals surface area contributed by atoms with E-state index < -0.39 is 6.04 Å². The van der Waals surface area contributed by atoms with Crippen LogP contribution in [0.2, 0.25) is 0 Å². The van der Waals surface area contributed by atoms with E-state index in [1.165, 1.54) is 7.11 Å². The zero-order chi connectivity index (χ0) is 21.7. The summed E-state index contributed by atoms with van der Waals surface area (Å²) in [6.07, 6.45) is 4.05. The number of carbonyl (C=O) groups is 2. The molecule has 8 nitrogen and oxygen atoms in total. The highest BCUT2D eigenvalue weighted by atomic mass is 32.2. The molecule has 2 amide bonds. The van der Waals surface area contributed by atoms with Crippen LogP contribution in [-0.2, 0) is 11.8 Å². The highest BCUT2D eigenvalue weighted by Crippen LogP contribution is 2.20. The summed E-state index contributed by atoms with van der Waals surface area (Å²) >= 11 is 1.61. The lowest BCUT2D eigenvalue weighted by atomic mass is 10.1. The molecule has 0 fully saturated rings. The maximum atomic E-state index is 13.0. The molecule has 1 unspecified atom stereocenters. The van der Waals surface area contributed by atoms with Gasteiger partial charge in [-0.2, -0.15) is 16.9 Å². The van der Waals surface area contributed by atoms with E-state index in [0.717, 1.165) is 22.5 Å². The SMILES string of the molecule is COc1ccccc1C(=O)NC(CCSC)C(=O)Nc1cnc2c(c1)c(C)nn2C. The number of rotatable bonds is 8. The van der Waals surface area contributed by atoms with Crippen molar-refractivity contribution in [2.75, 3.05) is 24.4 Å². The zero-order valence-electron chi connectivity index (χ0n) is 17.4. The highest BCUT2D eigenvalue weighted by molar-refractivity contribution is 7.98. The van der Waals surface area contributed by atoms with Crippen molar-refractivity contribution in [3.05, 3.63) is 47.8 Å². The van der Waals surface area contributed by atoms with Crippen LogP contribution in [0.1, 0.15) is 22.5 Å². The summed E-state index contributed by atoms with van der Waals surface area (Å²) in [7, 11) is 3.33. The second-order valence-electron chi connectivity index (χ2n) is 6.80. The lowest BCUT2D eigenvalue weighted by molar-refractivity contribution is -0.118. The van der Waals surface area contributed by atoms with E-state index in [4.69, 9.17) is 4.74 Å².